The Morgan fingerprint density at radius 3 is 2.52 bits per heavy atom. The average molecular weight is 296 g/mol. The summed E-state index contributed by atoms with van der Waals surface area (Å²) in [7, 11) is 0. The van der Waals surface area contributed by atoms with Crippen molar-refractivity contribution in [3.63, 3.8) is 0 Å². The van der Waals surface area contributed by atoms with E-state index in [1.807, 2.05) is 61.5 Å². The van der Waals surface area contributed by atoms with Crippen LogP contribution in [0, 0.1) is 18.3 Å². The first-order valence-corrected chi connectivity index (χ1v) is 7.47. The molecule has 0 unspecified atom stereocenters. The Morgan fingerprint density at radius 1 is 0.957 bits per heavy atom. The number of rotatable bonds is 3. The Balaban J connectivity index is 2.09. The fraction of sp³-hybridized carbons (Fsp3) is 0.0476. The molecule has 2 nitrogen and oxygen atoms in total. The summed E-state index contributed by atoms with van der Waals surface area (Å²) in [6.07, 6.45) is 5.89. The molecule has 0 amide bonds. The van der Waals surface area contributed by atoms with Crippen LogP contribution in [0.4, 0.5) is 0 Å². The maximum Gasteiger partial charge on any atom is 0.0991 e. The summed E-state index contributed by atoms with van der Waals surface area (Å²) < 4.78 is 0. The first-order chi connectivity index (χ1) is 11.3. The number of benzene rings is 2. The van der Waals surface area contributed by atoms with Crippen molar-refractivity contribution in [1.29, 1.82) is 5.26 Å². The third-order valence-corrected chi connectivity index (χ3v) is 3.70. The molecule has 0 saturated carbocycles. The molecule has 0 N–H and O–H groups in total. The van der Waals surface area contributed by atoms with Gasteiger partial charge in [-0.15, -0.1) is 0 Å². The van der Waals surface area contributed by atoms with Crippen molar-refractivity contribution in [1.82, 2.24) is 4.98 Å². The molecule has 0 fully saturated rings. The Morgan fingerprint density at radius 2 is 1.78 bits per heavy atom. The number of pyridine rings is 1. The molecule has 23 heavy (non-hydrogen) atoms. The zero-order chi connectivity index (χ0) is 16.1. The molecule has 3 rings (SSSR count). The summed E-state index contributed by atoms with van der Waals surface area (Å²) in [5, 5.41) is 9.17. The number of aryl methyl sites for hydroxylation is 1. The van der Waals surface area contributed by atoms with Gasteiger partial charge in [-0.05, 0) is 41.8 Å². The van der Waals surface area contributed by atoms with Gasteiger partial charge in [0.05, 0.1) is 17.3 Å². The minimum atomic E-state index is 0.648. The second-order valence-corrected chi connectivity index (χ2v) is 5.33. The molecule has 2 aromatic carbocycles. The van der Waals surface area contributed by atoms with Crippen molar-refractivity contribution in [2.24, 2.45) is 0 Å². The highest BCUT2D eigenvalue weighted by Crippen LogP contribution is 2.27. The second kappa shape index (κ2) is 6.72. The summed E-state index contributed by atoms with van der Waals surface area (Å²) in [6, 6.07) is 22.0. The van der Waals surface area contributed by atoms with Crippen molar-refractivity contribution in [3.8, 4) is 17.3 Å². The third-order valence-electron chi connectivity index (χ3n) is 3.70. The highest BCUT2D eigenvalue weighted by molar-refractivity contribution is 5.81. The SMILES string of the molecule is Cc1cccnc1-c1ccc(C#N)cc1C=Cc1ccccc1. The zero-order valence-corrected chi connectivity index (χ0v) is 12.9. The molecule has 0 spiro atoms. The molecule has 0 aliphatic heterocycles. The van der Waals surface area contributed by atoms with Crippen LogP contribution in [-0.4, -0.2) is 4.98 Å². The summed E-state index contributed by atoms with van der Waals surface area (Å²) in [5.74, 6) is 0. The minimum Gasteiger partial charge on any atom is -0.256 e. The lowest BCUT2D eigenvalue weighted by molar-refractivity contribution is 1.27. The summed E-state index contributed by atoms with van der Waals surface area (Å²) in [5.41, 5.74) is 5.87. The van der Waals surface area contributed by atoms with E-state index in [4.69, 9.17) is 0 Å². The number of nitriles is 1. The molecule has 0 radical (unpaired) electrons. The van der Waals surface area contributed by atoms with Crippen LogP contribution < -0.4 is 0 Å². The maximum absolute atomic E-state index is 9.17. The molecule has 1 heterocycles. The predicted molar refractivity (Wildman–Crippen MR) is 94.5 cm³/mol. The van der Waals surface area contributed by atoms with Crippen LogP contribution in [0.5, 0.6) is 0 Å². The Labute approximate surface area is 136 Å². The topological polar surface area (TPSA) is 36.7 Å². The van der Waals surface area contributed by atoms with E-state index in [1.54, 1.807) is 6.20 Å². The van der Waals surface area contributed by atoms with E-state index in [1.165, 1.54) is 0 Å². The van der Waals surface area contributed by atoms with Crippen LogP contribution in [-0.2, 0) is 0 Å². The van der Waals surface area contributed by atoms with Crippen LogP contribution in [0.2, 0.25) is 0 Å². The van der Waals surface area contributed by atoms with Gasteiger partial charge < -0.3 is 0 Å². The first kappa shape index (κ1) is 14.7. The van der Waals surface area contributed by atoms with E-state index in [9.17, 15) is 5.26 Å². The van der Waals surface area contributed by atoms with E-state index >= 15 is 0 Å². The quantitative estimate of drug-likeness (QED) is 0.630. The summed E-state index contributed by atoms with van der Waals surface area (Å²) in [6.45, 7) is 2.05. The molecule has 3 aromatic rings. The molecular formula is C21H16N2. The number of hydrogen-bond donors (Lipinski definition) is 0. The van der Waals surface area contributed by atoms with Crippen molar-refractivity contribution in [3.05, 3.63) is 89.1 Å². The van der Waals surface area contributed by atoms with Crippen LogP contribution in [0.15, 0.2) is 66.9 Å². The lowest BCUT2D eigenvalue weighted by atomic mass is 9.98. The lowest BCUT2D eigenvalue weighted by Gasteiger charge is -2.09. The molecule has 0 aliphatic carbocycles. The van der Waals surface area contributed by atoms with Gasteiger partial charge in [0.15, 0.2) is 0 Å². The lowest BCUT2D eigenvalue weighted by Crippen LogP contribution is -1.91. The monoisotopic (exact) mass is 296 g/mol. The van der Waals surface area contributed by atoms with Crippen LogP contribution in [0.1, 0.15) is 22.3 Å². The van der Waals surface area contributed by atoms with E-state index in [0.717, 1.165) is 27.9 Å². The van der Waals surface area contributed by atoms with Crippen molar-refractivity contribution in [2.45, 2.75) is 6.92 Å². The largest absolute Gasteiger partial charge is 0.256 e. The minimum absolute atomic E-state index is 0.648. The highest BCUT2D eigenvalue weighted by Gasteiger charge is 2.08. The van der Waals surface area contributed by atoms with Gasteiger partial charge in [-0.25, -0.2) is 0 Å². The van der Waals surface area contributed by atoms with Crippen LogP contribution in [0.25, 0.3) is 23.4 Å². The zero-order valence-electron chi connectivity index (χ0n) is 12.9. The standard InChI is InChI=1S/C21H16N2/c1-16-6-5-13-23-21(16)20-12-10-18(15-22)14-19(20)11-9-17-7-3-2-4-8-17/h2-14H,1H3. The fourth-order valence-corrected chi connectivity index (χ4v) is 2.50. The van der Waals surface area contributed by atoms with Gasteiger partial charge in [-0.2, -0.15) is 5.26 Å². The number of aromatic nitrogens is 1. The van der Waals surface area contributed by atoms with Crippen molar-refractivity contribution in [2.75, 3.05) is 0 Å². The third kappa shape index (κ3) is 3.36. The molecule has 0 saturated heterocycles. The van der Waals surface area contributed by atoms with Crippen LogP contribution in [0.3, 0.4) is 0 Å². The highest BCUT2D eigenvalue weighted by atomic mass is 14.7. The molecule has 110 valence electrons. The van der Waals surface area contributed by atoms with E-state index in [0.29, 0.717) is 5.56 Å². The van der Waals surface area contributed by atoms with E-state index < -0.39 is 0 Å². The molecular weight excluding hydrogens is 280 g/mol. The molecule has 0 atom stereocenters. The normalized spacial score (nSPS) is 10.6. The van der Waals surface area contributed by atoms with Crippen molar-refractivity contribution < 1.29 is 0 Å². The number of hydrogen-bond acceptors (Lipinski definition) is 2. The predicted octanol–water partition coefficient (Wildman–Crippen LogP) is 5.10. The molecule has 0 aliphatic rings. The summed E-state index contributed by atoms with van der Waals surface area (Å²) >= 11 is 0. The molecule has 1 aromatic heterocycles. The Kier molecular flexibility index (Phi) is 4.31. The fourth-order valence-electron chi connectivity index (χ4n) is 2.50. The van der Waals surface area contributed by atoms with Gasteiger partial charge in [0.2, 0.25) is 0 Å². The van der Waals surface area contributed by atoms with Crippen molar-refractivity contribution >= 4 is 12.2 Å². The Hall–Kier alpha value is -3.18. The van der Waals surface area contributed by atoms with Crippen LogP contribution >= 0.6 is 0 Å². The smallest absolute Gasteiger partial charge is 0.0991 e. The molecule has 0 bridgehead atoms. The van der Waals surface area contributed by atoms with Gasteiger partial charge in [-0.3, -0.25) is 4.98 Å². The van der Waals surface area contributed by atoms with E-state index in [-0.39, 0.29) is 0 Å². The average Bonchev–Trinajstić information content (AvgIpc) is 2.61. The maximum atomic E-state index is 9.17. The number of nitrogens with zero attached hydrogens (tertiary/aromatic N) is 2. The van der Waals surface area contributed by atoms with Gasteiger partial charge in [0, 0.05) is 11.8 Å². The van der Waals surface area contributed by atoms with Gasteiger partial charge in [0.1, 0.15) is 0 Å². The first-order valence-electron chi connectivity index (χ1n) is 7.47. The van der Waals surface area contributed by atoms with Gasteiger partial charge in [0.25, 0.3) is 0 Å². The second-order valence-electron chi connectivity index (χ2n) is 5.33. The van der Waals surface area contributed by atoms with E-state index in [2.05, 4.69) is 29.3 Å². The van der Waals surface area contributed by atoms with Gasteiger partial charge in [-0.1, -0.05) is 54.6 Å². The Bertz CT molecular complexity index is 887. The summed E-state index contributed by atoms with van der Waals surface area (Å²) in [4.78, 5) is 4.50. The van der Waals surface area contributed by atoms with Gasteiger partial charge >= 0.3 is 0 Å². The molecule has 2 heteroatoms.